The molecule has 4 nitrogen and oxygen atoms in total. The normalized spacial score (nSPS) is 12.4. The minimum atomic E-state index is -0.623. The van der Waals surface area contributed by atoms with Crippen molar-refractivity contribution in [2.75, 3.05) is 7.05 Å². The third-order valence-electron chi connectivity index (χ3n) is 3.20. The minimum absolute atomic E-state index is 0.0985. The Morgan fingerprint density at radius 3 is 2.29 bits per heavy atom. The predicted molar refractivity (Wildman–Crippen MR) is 67.5 cm³/mol. The van der Waals surface area contributed by atoms with Gasteiger partial charge in [-0.3, -0.25) is 4.79 Å². The SMILES string of the molecule is C/C(=N\O)C(C)(C)N(C)C(=O)c1ccccc1. The number of hydrogen-bond donors (Lipinski definition) is 1. The summed E-state index contributed by atoms with van der Waals surface area (Å²) in [5, 5.41) is 12.0. The first-order chi connectivity index (χ1) is 7.91. The van der Waals surface area contributed by atoms with Crippen molar-refractivity contribution in [2.45, 2.75) is 26.3 Å². The molecule has 1 amide bonds. The number of carbonyl (C=O) groups is 1. The van der Waals surface area contributed by atoms with E-state index in [1.807, 2.05) is 32.0 Å². The Morgan fingerprint density at radius 2 is 1.82 bits per heavy atom. The molecule has 0 spiro atoms. The van der Waals surface area contributed by atoms with Crippen molar-refractivity contribution in [3.05, 3.63) is 35.9 Å². The highest BCUT2D eigenvalue weighted by atomic mass is 16.4. The molecular formula is C13H18N2O2. The maximum Gasteiger partial charge on any atom is 0.254 e. The van der Waals surface area contributed by atoms with E-state index in [1.54, 1.807) is 31.0 Å². The van der Waals surface area contributed by atoms with Gasteiger partial charge < -0.3 is 10.1 Å². The summed E-state index contributed by atoms with van der Waals surface area (Å²) in [5.41, 5.74) is 0.486. The maximum atomic E-state index is 12.2. The van der Waals surface area contributed by atoms with Crippen LogP contribution in [0, 0.1) is 0 Å². The first kappa shape index (κ1) is 13.2. The van der Waals surface area contributed by atoms with Gasteiger partial charge in [0.1, 0.15) is 0 Å². The lowest BCUT2D eigenvalue weighted by atomic mass is 9.96. The first-order valence-corrected chi connectivity index (χ1v) is 5.43. The first-order valence-electron chi connectivity index (χ1n) is 5.43. The summed E-state index contributed by atoms with van der Waals surface area (Å²) in [4.78, 5) is 13.8. The Labute approximate surface area is 102 Å². The highest BCUT2D eigenvalue weighted by Crippen LogP contribution is 2.17. The van der Waals surface area contributed by atoms with Gasteiger partial charge in [-0.25, -0.2) is 0 Å². The van der Waals surface area contributed by atoms with Gasteiger partial charge in [-0.05, 0) is 32.9 Å². The van der Waals surface area contributed by atoms with Crippen LogP contribution in [0.4, 0.5) is 0 Å². The summed E-state index contributed by atoms with van der Waals surface area (Å²) < 4.78 is 0. The molecule has 0 bridgehead atoms. The van der Waals surface area contributed by atoms with Crippen LogP contribution in [0.5, 0.6) is 0 Å². The van der Waals surface area contributed by atoms with E-state index in [2.05, 4.69) is 5.16 Å². The van der Waals surface area contributed by atoms with Crippen molar-refractivity contribution in [3.63, 3.8) is 0 Å². The molecule has 0 heterocycles. The van der Waals surface area contributed by atoms with Gasteiger partial charge in [-0.2, -0.15) is 0 Å². The van der Waals surface area contributed by atoms with Crippen LogP contribution in [-0.4, -0.2) is 34.3 Å². The molecule has 0 aromatic heterocycles. The molecule has 1 aromatic carbocycles. The zero-order chi connectivity index (χ0) is 13.1. The Balaban J connectivity index is 2.99. The number of carbonyl (C=O) groups excluding carboxylic acids is 1. The van der Waals surface area contributed by atoms with E-state index in [-0.39, 0.29) is 5.91 Å². The minimum Gasteiger partial charge on any atom is -0.411 e. The van der Waals surface area contributed by atoms with Crippen molar-refractivity contribution in [3.8, 4) is 0 Å². The zero-order valence-electron chi connectivity index (χ0n) is 10.6. The fourth-order valence-electron chi connectivity index (χ4n) is 1.39. The largest absolute Gasteiger partial charge is 0.411 e. The van der Waals surface area contributed by atoms with Crippen LogP contribution < -0.4 is 0 Å². The molecule has 17 heavy (non-hydrogen) atoms. The topological polar surface area (TPSA) is 52.9 Å². The van der Waals surface area contributed by atoms with E-state index in [4.69, 9.17) is 5.21 Å². The molecule has 0 fully saturated rings. The fourth-order valence-corrected chi connectivity index (χ4v) is 1.39. The van der Waals surface area contributed by atoms with Gasteiger partial charge in [0.2, 0.25) is 0 Å². The molecular weight excluding hydrogens is 216 g/mol. The number of rotatable bonds is 3. The number of nitrogens with zero attached hydrogens (tertiary/aromatic N) is 2. The van der Waals surface area contributed by atoms with Crippen molar-refractivity contribution >= 4 is 11.6 Å². The quantitative estimate of drug-likeness (QED) is 0.496. The van der Waals surface area contributed by atoms with Crippen LogP contribution in [-0.2, 0) is 0 Å². The molecule has 0 aliphatic rings. The summed E-state index contributed by atoms with van der Waals surface area (Å²) >= 11 is 0. The molecule has 1 rings (SSSR count). The van der Waals surface area contributed by atoms with Crippen molar-refractivity contribution in [1.29, 1.82) is 0 Å². The van der Waals surface area contributed by atoms with Crippen molar-refractivity contribution in [1.82, 2.24) is 4.90 Å². The van der Waals surface area contributed by atoms with Crippen LogP contribution in [0.25, 0.3) is 0 Å². The average Bonchev–Trinajstić information content (AvgIpc) is 2.36. The van der Waals surface area contributed by atoms with E-state index < -0.39 is 5.54 Å². The molecule has 0 unspecified atom stereocenters. The maximum absolute atomic E-state index is 12.2. The van der Waals surface area contributed by atoms with Crippen LogP contribution in [0.3, 0.4) is 0 Å². The number of amides is 1. The van der Waals surface area contributed by atoms with E-state index in [0.717, 1.165) is 0 Å². The summed E-state index contributed by atoms with van der Waals surface area (Å²) in [5.74, 6) is -0.0985. The van der Waals surface area contributed by atoms with E-state index in [1.165, 1.54) is 0 Å². The highest BCUT2D eigenvalue weighted by molar-refractivity contribution is 6.00. The van der Waals surface area contributed by atoms with E-state index in [9.17, 15) is 4.79 Å². The Morgan fingerprint density at radius 1 is 1.29 bits per heavy atom. The molecule has 1 N–H and O–H groups in total. The van der Waals surface area contributed by atoms with Crippen molar-refractivity contribution in [2.24, 2.45) is 5.16 Å². The smallest absolute Gasteiger partial charge is 0.254 e. The van der Waals surface area contributed by atoms with Gasteiger partial charge in [-0.15, -0.1) is 0 Å². The molecule has 1 aromatic rings. The molecule has 0 saturated heterocycles. The van der Waals surface area contributed by atoms with E-state index >= 15 is 0 Å². The summed E-state index contributed by atoms with van der Waals surface area (Å²) in [6.45, 7) is 5.36. The molecule has 92 valence electrons. The molecule has 0 aliphatic carbocycles. The van der Waals surface area contributed by atoms with Crippen LogP contribution in [0.1, 0.15) is 31.1 Å². The molecule has 4 heteroatoms. The summed E-state index contributed by atoms with van der Waals surface area (Å²) in [7, 11) is 1.70. The van der Waals surface area contributed by atoms with Gasteiger partial charge in [0.05, 0.1) is 11.3 Å². The lowest BCUT2D eigenvalue weighted by Crippen LogP contribution is -2.50. The third kappa shape index (κ3) is 2.64. The molecule has 0 saturated carbocycles. The summed E-state index contributed by atoms with van der Waals surface area (Å²) in [6, 6.07) is 9.03. The highest BCUT2D eigenvalue weighted by Gasteiger charge is 2.31. The van der Waals surface area contributed by atoms with Gasteiger partial charge in [0.15, 0.2) is 0 Å². The lowest BCUT2D eigenvalue weighted by molar-refractivity contribution is 0.0706. The number of oxime groups is 1. The second kappa shape index (κ2) is 4.99. The molecule has 0 radical (unpaired) electrons. The fraction of sp³-hybridized carbons (Fsp3) is 0.385. The van der Waals surface area contributed by atoms with Crippen LogP contribution in [0.15, 0.2) is 35.5 Å². The average molecular weight is 234 g/mol. The van der Waals surface area contributed by atoms with Crippen LogP contribution in [0.2, 0.25) is 0 Å². The van der Waals surface area contributed by atoms with Crippen LogP contribution >= 0.6 is 0 Å². The lowest BCUT2D eigenvalue weighted by Gasteiger charge is -2.35. The van der Waals surface area contributed by atoms with Gasteiger partial charge in [0.25, 0.3) is 5.91 Å². The number of benzene rings is 1. The third-order valence-corrected chi connectivity index (χ3v) is 3.20. The summed E-state index contributed by atoms with van der Waals surface area (Å²) in [6.07, 6.45) is 0. The second-order valence-corrected chi connectivity index (χ2v) is 4.47. The molecule has 0 atom stereocenters. The predicted octanol–water partition coefficient (Wildman–Crippen LogP) is 2.39. The number of hydrogen-bond acceptors (Lipinski definition) is 3. The molecule has 0 aliphatic heterocycles. The Bertz CT molecular complexity index is 424. The zero-order valence-corrected chi connectivity index (χ0v) is 10.6. The standard InChI is InChI=1S/C13H18N2O2/c1-10(14-17)13(2,3)15(4)12(16)11-8-6-5-7-9-11/h5-9,17H,1-4H3/b14-10+. The second-order valence-electron chi connectivity index (χ2n) is 4.47. The van der Waals surface area contributed by atoms with E-state index in [0.29, 0.717) is 11.3 Å². The Kier molecular flexibility index (Phi) is 3.89. The van der Waals surface area contributed by atoms with Crippen molar-refractivity contribution < 1.29 is 10.0 Å². The van der Waals surface area contributed by atoms with Gasteiger partial charge in [-0.1, -0.05) is 23.4 Å². The van der Waals surface area contributed by atoms with Gasteiger partial charge in [0, 0.05) is 12.6 Å². The Hall–Kier alpha value is -1.84. The monoisotopic (exact) mass is 234 g/mol. The van der Waals surface area contributed by atoms with Gasteiger partial charge >= 0.3 is 0 Å².